The maximum atomic E-state index is 11.4. The van der Waals surface area contributed by atoms with Crippen LogP contribution in [0.4, 0.5) is 0 Å². The van der Waals surface area contributed by atoms with Crippen molar-refractivity contribution in [3.63, 3.8) is 0 Å². The van der Waals surface area contributed by atoms with Gasteiger partial charge in [0, 0.05) is 5.92 Å². The molecule has 0 bridgehead atoms. The van der Waals surface area contributed by atoms with E-state index in [-0.39, 0.29) is 5.92 Å². The molecule has 2 heteroatoms. The molecule has 0 aliphatic heterocycles. The van der Waals surface area contributed by atoms with E-state index in [4.69, 9.17) is 0 Å². The minimum Gasteiger partial charge on any atom is -0.481 e. The molecular weight excluding hydrogens is 236 g/mol. The fourth-order valence-corrected chi connectivity index (χ4v) is 2.31. The molecular formula is C17H16O2. The second-order valence-electron chi connectivity index (χ2n) is 4.40. The Balaban J connectivity index is 2.51. The van der Waals surface area contributed by atoms with Crippen molar-refractivity contribution < 1.29 is 9.90 Å². The molecule has 0 spiro atoms. The molecule has 0 fully saturated rings. The van der Waals surface area contributed by atoms with Crippen molar-refractivity contribution in [2.24, 2.45) is 5.92 Å². The lowest BCUT2D eigenvalue weighted by molar-refractivity contribution is -0.140. The first-order chi connectivity index (χ1) is 9.24. The van der Waals surface area contributed by atoms with Crippen LogP contribution >= 0.6 is 0 Å². The molecule has 2 nitrogen and oxygen atoms in total. The van der Waals surface area contributed by atoms with Gasteiger partial charge in [-0.1, -0.05) is 66.7 Å². The Kier molecular flexibility index (Phi) is 4.14. The average molecular weight is 252 g/mol. The van der Waals surface area contributed by atoms with Gasteiger partial charge in [-0.15, -0.1) is 6.58 Å². The Hall–Kier alpha value is -2.35. The van der Waals surface area contributed by atoms with E-state index in [1.54, 1.807) is 0 Å². The number of hydrogen-bond donors (Lipinski definition) is 1. The molecule has 0 saturated carbocycles. The minimum atomic E-state index is -0.854. The number of carboxylic acids is 1. The van der Waals surface area contributed by atoms with Crippen LogP contribution < -0.4 is 0 Å². The highest BCUT2D eigenvalue weighted by molar-refractivity contribution is 5.74. The lowest BCUT2D eigenvalue weighted by atomic mass is 9.81. The lowest BCUT2D eigenvalue weighted by Gasteiger charge is -2.22. The molecule has 0 radical (unpaired) electrons. The van der Waals surface area contributed by atoms with Gasteiger partial charge in [-0.3, -0.25) is 4.79 Å². The van der Waals surface area contributed by atoms with E-state index in [1.165, 1.54) is 6.08 Å². The largest absolute Gasteiger partial charge is 0.481 e. The molecule has 19 heavy (non-hydrogen) atoms. The molecule has 1 unspecified atom stereocenters. The molecule has 2 aromatic rings. The third kappa shape index (κ3) is 2.91. The van der Waals surface area contributed by atoms with Crippen LogP contribution in [0.5, 0.6) is 0 Å². The van der Waals surface area contributed by atoms with E-state index in [0.717, 1.165) is 11.1 Å². The van der Waals surface area contributed by atoms with Gasteiger partial charge in [-0.2, -0.15) is 0 Å². The highest BCUT2D eigenvalue weighted by atomic mass is 16.4. The van der Waals surface area contributed by atoms with Gasteiger partial charge in [-0.25, -0.2) is 0 Å². The van der Waals surface area contributed by atoms with Crippen molar-refractivity contribution in [1.82, 2.24) is 0 Å². The van der Waals surface area contributed by atoms with Crippen LogP contribution in [-0.2, 0) is 4.79 Å². The zero-order chi connectivity index (χ0) is 13.7. The van der Waals surface area contributed by atoms with Crippen LogP contribution in [0.15, 0.2) is 73.3 Å². The van der Waals surface area contributed by atoms with Crippen LogP contribution in [0.2, 0.25) is 0 Å². The number of rotatable bonds is 5. The highest BCUT2D eigenvalue weighted by Gasteiger charge is 2.27. The van der Waals surface area contributed by atoms with Crippen LogP contribution in [0, 0.1) is 5.92 Å². The maximum Gasteiger partial charge on any atom is 0.311 e. The third-order valence-corrected chi connectivity index (χ3v) is 3.22. The first kappa shape index (κ1) is 13.1. The van der Waals surface area contributed by atoms with Crippen molar-refractivity contribution >= 4 is 5.97 Å². The van der Waals surface area contributed by atoms with Gasteiger partial charge >= 0.3 is 5.97 Å². The molecule has 1 atom stereocenters. The summed E-state index contributed by atoms with van der Waals surface area (Å²) >= 11 is 0. The number of benzene rings is 2. The maximum absolute atomic E-state index is 11.4. The van der Waals surface area contributed by atoms with E-state index < -0.39 is 11.9 Å². The van der Waals surface area contributed by atoms with Gasteiger partial charge in [-0.05, 0) is 11.1 Å². The summed E-state index contributed by atoms with van der Waals surface area (Å²) in [5, 5.41) is 9.40. The summed E-state index contributed by atoms with van der Waals surface area (Å²) in [6, 6.07) is 19.4. The Labute approximate surface area is 113 Å². The predicted octanol–water partition coefficient (Wildman–Crippen LogP) is 3.71. The van der Waals surface area contributed by atoms with Gasteiger partial charge in [0.15, 0.2) is 0 Å². The molecule has 0 saturated heterocycles. The van der Waals surface area contributed by atoms with Crippen molar-refractivity contribution in [2.45, 2.75) is 5.92 Å². The SMILES string of the molecule is C=CC(C(=O)O)C(c1ccccc1)c1ccccc1. The van der Waals surface area contributed by atoms with Crippen LogP contribution in [0.25, 0.3) is 0 Å². The lowest BCUT2D eigenvalue weighted by Crippen LogP contribution is -2.21. The second-order valence-corrected chi connectivity index (χ2v) is 4.40. The van der Waals surface area contributed by atoms with Crippen LogP contribution in [-0.4, -0.2) is 11.1 Å². The Bertz CT molecular complexity index is 506. The fraction of sp³-hybridized carbons (Fsp3) is 0.118. The summed E-state index contributed by atoms with van der Waals surface area (Å²) < 4.78 is 0. The molecule has 1 N–H and O–H groups in total. The van der Waals surface area contributed by atoms with Crippen LogP contribution in [0.1, 0.15) is 17.0 Å². The standard InChI is InChI=1S/C17H16O2/c1-2-15(17(18)19)16(13-9-5-3-6-10-13)14-11-7-4-8-12-14/h2-12,15-16H,1H2,(H,18,19). The number of carboxylic acid groups (broad SMARTS) is 1. The fourth-order valence-electron chi connectivity index (χ4n) is 2.31. The Morgan fingerprint density at radius 3 is 1.68 bits per heavy atom. The molecule has 96 valence electrons. The Morgan fingerprint density at radius 1 is 0.947 bits per heavy atom. The van der Waals surface area contributed by atoms with E-state index in [1.807, 2.05) is 60.7 Å². The van der Waals surface area contributed by atoms with Crippen LogP contribution in [0.3, 0.4) is 0 Å². The summed E-state index contributed by atoms with van der Waals surface area (Å²) in [7, 11) is 0. The van der Waals surface area contributed by atoms with Gasteiger partial charge in [0.25, 0.3) is 0 Å². The minimum absolute atomic E-state index is 0.211. The third-order valence-electron chi connectivity index (χ3n) is 3.22. The zero-order valence-corrected chi connectivity index (χ0v) is 10.6. The average Bonchev–Trinajstić information content (AvgIpc) is 2.46. The van der Waals surface area contributed by atoms with Gasteiger partial charge in [0.05, 0.1) is 5.92 Å². The van der Waals surface area contributed by atoms with Crippen molar-refractivity contribution in [1.29, 1.82) is 0 Å². The predicted molar refractivity (Wildman–Crippen MR) is 76.0 cm³/mol. The normalized spacial score (nSPS) is 12.1. The molecule has 0 aliphatic rings. The van der Waals surface area contributed by atoms with E-state index in [2.05, 4.69) is 6.58 Å². The van der Waals surface area contributed by atoms with Gasteiger partial charge < -0.3 is 5.11 Å². The molecule has 2 rings (SSSR count). The first-order valence-electron chi connectivity index (χ1n) is 6.19. The number of carbonyl (C=O) groups is 1. The van der Waals surface area contributed by atoms with E-state index in [9.17, 15) is 9.90 Å². The molecule has 2 aromatic carbocycles. The van der Waals surface area contributed by atoms with Crippen molar-refractivity contribution in [3.05, 3.63) is 84.4 Å². The van der Waals surface area contributed by atoms with Gasteiger partial charge in [0.2, 0.25) is 0 Å². The molecule has 0 heterocycles. The highest BCUT2D eigenvalue weighted by Crippen LogP contribution is 2.32. The molecule has 0 aliphatic carbocycles. The Morgan fingerprint density at radius 2 is 1.37 bits per heavy atom. The molecule has 0 amide bonds. The van der Waals surface area contributed by atoms with Crippen molar-refractivity contribution in [3.8, 4) is 0 Å². The topological polar surface area (TPSA) is 37.3 Å². The van der Waals surface area contributed by atoms with Gasteiger partial charge in [0.1, 0.15) is 0 Å². The number of aliphatic carboxylic acids is 1. The summed E-state index contributed by atoms with van der Waals surface area (Å²) in [6.07, 6.45) is 1.51. The number of hydrogen-bond acceptors (Lipinski definition) is 1. The summed E-state index contributed by atoms with van der Waals surface area (Å²) in [6.45, 7) is 3.67. The summed E-state index contributed by atoms with van der Waals surface area (Å²) in [5.41, 5.74) is 1.97. The first-order valence-corrected chi connectivity index (χ1v) is 6.19. The second kappa shape index (κ2) is 6.01. The van der Waals surface area contributed by atoms with E-state index in [0.29, 0.717) is 0 Å². The quantitative estimate of drug-likeness (QED) is 0.824. The zero-order valence-electron chi connectivity index (χ0n) is 10.6. The van der Waals surface area contributed by atoms with E-state index >= 15 is 0 Å². The summed E-state index contributed by atoms with van der Waals surface area (Å²) in [4.78, 5) is 11.4. The monoisotopic (exact) mass is 252 g/mol. The smallest absolute Gasteiger partial charge is 0.311 e. The molecule has 0 aromatic heterocycles. The van der Waals surface area contributed by atoms with Crippen molar-refractivity contribution in [2.75, 3.05) is 0 Å². The summed E-state index contributed by atoms with van der Waals surface area (Å²) in [5.74, 6) is -1.70.